The van der Waals surface area contributed by atoms with Crippen molar-refractivity contribution in [3.63, 3.8) is 0 Å². The van der Waals surface area contributed by atoms with Crippen molar-refractivity contribution in [2.24, 2.45) is 0 Å². The van der Waals surface area contributed by atoms with Gasteiger partial charge in [0, 0.05) is 36.0 Å². The smallest absolute Gasteiger partial charge is 0.273 e. The van der Waals surface area contributed by atoms with Gasteiger partial charge in [-0.1, -0.05) is 5.16 Å². The average Bonchev–Trinajstić information content (AvgIpc) is 3.26. The molecule has 26 heavy (non-hydrogen) atoms. The van der Waals surface area contributed by atoms with Gasteiger partial charge in [0.2, 0.25) is 10.0 Å². The van der Waals surface area contributed by atoms with Crippen molar-refractivity contribution in [2.45, 2.75) is 69.0 Å². The molecule has 2 unspecified atom stereocenters. The molecule has 2 bridgehead atoms. The fourth-order valence-electron chi connectivity index (χ4n) is 4.26. The number of rotatable bonds is 7. The SMILES string of the molecule is O=C(NC1CC2CCC(C1)N2S(=O)(=O)CCCCl)c1cc(C2CC2)on1. The first-order chi connectivity index (χ1) is 12.5. The second-order valence-corrected chi connectivity index (χ2v) is 9.98. The number of carbonyl (C=O) groups is 1. The van der Waals surface area contributed by atoms with Gasteiger partial charge < -0.3 is 9.84 Å². The lowest BCUT2D eigenvalue weighted by Crippen LogP contribution is -2.52. The Labute approximate surface area is 158 Å². The van der Waals surface area contributed by atoms with Crippen molar-refractivity contribution in [3.05, 3.63) is 17.5 Å². The van der Waals surface area contributed by atoms with Crippen LogP contribution in [-0.2, 0) is 10.0 Å². The van der Waals surface area contributed by atoms with E-state index in [-0.39, 0.29) is 29.8 Å². The first kappa shape index (κ1) is 18.3. The molecular formula is C17H24ClN3O4S. The molecule has 0 radical (unpaired) electrons. The zero-order chi connectivity index (χ0) is 18.3. The van der Waals surface area contributed by atoms with Gasteiger partial charge >= 0.3 is 0 Å². The van der Waals surface area contributed by atoms with Crippen molar-refractivity contribution < 1.29 is 17.7 Å². The van der Waals surface area contributed by atoms with E-state index in [0.29, 0.717) is 36.8 Å². The van der Waals surface area contributed by atoms with Gasteiger partial charge in [0.05, 0.1) is 5.75 Å². The molecule has 0 spiro atoms. The van der Waals surface area contributed by atoms with Crippen LogP contribution in [0.1, 0.15) is 67.1 Å². The maximum Gasteiger partial charge on any atom is 0.273 e. The molecule has 1 aromatic heterocycles. The van der Waals surface area contributed by atoms with E-state index in [1.54, 1.807) is 10.4 Å². The van der Waals surface area contributed by atoms with Crippen LogP contribution in [0.5, 0.6) is 0 Å². The molecule has 1 amide bonds. The molecule has 1 saturated carbocycles. The van der Waals surface area contributed by atoms with Crippen molar-refractivity contribution in [1.29, 1.82) is 0 Å². The van der Waals surface area contributed by atoms with Gasteiger partial charge in [-0.15, -0.1) is 11.6 Å². The Bertz CT molecular complexity index is 763. The zero-order valence-electron chi connectivity index (χ0n) is 14.6. The van der Waals surface area contributed by atoms with E-state index in [0.717, 1.165) is 31.4 Å². The molecule has 144 valence electrons. The third kappa shape index (κ3) is 3.64. The minimum atomic E-state index is -3.28. The van der Waals surface area contributed by atoms with Gasteiger partial charge in [-0.25, -0.2) is 8.42 Å². The van der Waals surface area contributed by atoms with Crippen LogP contribution in [0.25, 0.3) is 0 Å². The van der Waals surface area contributed by atoms with Crippen molar-refractivity contribution in [1.82, 2.24) is 14.8 Å². The predicted molar refractivity (Wildman–Crippen MR) is 96.7 cm³/mol. The van der Waals surface area contributed by atoms with Crippen LogP contribution in [0.2, 0.25) is 0 Å². The molecule has 3 fully saturated rings. The number of amides is 1. The van der Waals surface area contributed by atoms with E-state index >= 15 is 0 Å². The quantitative estimate of drug-likeness (QED) is 0.707. The second-order valence-electron chi connectivity index (χ2n) is 7.60. The first-order valence-corrected chi connectivity index (χ1v) is 11.5. The lowest BCUT2D eigenvalue weighted by Gasteiger charge is -2.38. The number of carbonyl (C=O) groups excluding carboxylic acids is 1. The minimum Gasteiger partial charge on any atom is -0.360 e. The maximum atomic E-state index is 12.6. The van der Waals surface area contributed by atoms with Crippen LogP contribution in [0.4, 0.5) is 0 Å². The molecule has 3 heterocycles. The normalized spacial score (nSPS) is 29.0. The first-order valence-electron chi connectivity index (χ1n) is 9.32. The monoisotopic (exact) mass is 401 g/mol. The molecule has 9 heteroatoms. The van der Waals surface area contributed by atoms with E-state index in [9.17, 15) is 13.2 Å². The van der Waals surface area contributed by atoms with Gasteiger partial charge in [-0.2, -0.15) is 4.31 Å². The molecule has 7 nitrogen and oxygen atoms in total. The zero-order valence-corrected chi connectivity index (χ0v) is 16.1. The van der Waals surface area contributed by atoms with E-state index < -0.39 is 10.0 Å². The summed E-state index contributed by atoms with van der Waals surface area (Å²) in [5.41, 5.74) is 0.316. The van der Waals surface area contributed by atoms with Crippen molar-refractivity contribution in [3.8, 4) is 0 Å². The van der Waals surface area contributed by atoms with Gasteiger partial charge in [0.15, 0.2) is 5.69 Å². The number of fused-ring (bicyclic) bond motifs is 2. The third-order valence-electron chi connectivity index (χ3n) is 5.60. The Morgan fingerprint density at radius 1 is 1.27 bits per heavy atom. The third-order valence-corrected chi connectivity index (χ3v) is 7.91. The maximum absolute atomic E-state index is 12.6. The molecule has 0 aromatic carbocycles. The largest absolute Gasteiger partial charge is 0.360 e. The van der Waals surface area contributed by atoms with Gasteiger partial charge in [-0.3, -0.25) is 4.79 Å². The van der Waals surface area contributed by atoms with Crippen LogP contribution in [-0.4, -0.2) is 53.5 Å². The minimum absolute atomic E-state index is 0.0273. The number of sulfonamides is 1. The molecule has 1 aliphatic carbocycles. The number of halogens is 1. The van der Waals surface area contributed by atoms with Crippen LogP contribution in [0.3, 0.4) is 0 Å². The molecule has 3 aliphatic rings. The van der Waals surface area contributed by atoms with E-state index in [4.69, 9.17) is 16.1 Å². The Balaban J connectivity index is 1.38. The van der Waals surface area contributed by atoms with Crippen molar-refractivity contribution in [2.75, 3.05) is 11.6 Å². The number of aromatic nitrogens is 1. The van der Waals surface area contributed by atoms with E-state index in [1.807, 2.05) is 0 Å². The predicted octanol–water partition coefficient (Wildman–Crippen LogP) is 2.24. The van der Waals surface area contributed by atoms with E-state index in [2.05, 4.69) is 10.5 Å². The standard InChI is InChI=1S/C17H24ClN3O4S/c18-6-1-7-26(23,24)21-13-4-5-14(21)9-12(8-13)19-17(22)15-10-16(25-20-15)11-2-3-11/h10-14H,1-9H2,(H,19,22). The van der Waals surface area contributed by atoms with Gasteiger partial charge in [-0.05, 0) is 44.9 Å². The lowest BCUT2D eigenvalue weighted by molar-refractivity contribution is 0.0900. The van der Waals surface area contributed by atoms with Gasteiger partial charge in [0.1, 0.15) is 5.76 Å². The summed E-state index contributed by atoms with van der Waals surface area (Å²) in [6.45, 7) is 0. The van der Waals surface area contributed by atoms with Gasteiger partial charge in [0.25, 0.3) is 5.91 Å². The number of alkyl halides is 1. The topological polar surface area (TPSA) is 92.5 Å². The van der Waals surface area contributed by atoms with Crippen molar-refractivity contribution >= 4 is 27.5 Å². The number of nitrogens with one attached hydrogen (secondary N) is 1. The summed E-state index contributed by atoms with van der Waals surface area (Å²) in [5, 5.41) is 6.90. The molecule has 2 aliphatic heterocycles. The summed E-state index contributed by atoms with van der Waals surface area (Å²) in [6, 6.07) is 1.64. The number of hydrogen-bond acceptors (Lipinski definition) is 5. The Kier molecular flexibility index (Phi) is 5.00. The molecule has 1 aromatic rings. The van der Waals surface area contributed by atoms with Crippen LogP contribution < -0.4 is 5.32 Å². The van der Waals surface area contributed by atoms with E-state index in [1.165, 1.54) is 0 Å². The molecule has 2 atom stereocenters. The summed E-state index contributed by atoms with van der Waals surface area (Å²) in [7, 11) is -3.28. The summed E-state index contributed by atoms with van der Waals surface area (Å²) in [5.74, 6) is 1.42. The summed E-state index contributed by atoms with van der Waals surface area (Å²) in [4.78, 5) is 12.4. The highest BCUT2D eigenvalue weighted by Crippen LogP contribution is 2.40. The summed E-state index contributed by atoms with van der Waals surface area (Å²) < 4.78 is 32.1. The Morgan fingerprint density at radius 3 is 2.58 bits per heavy atom. The van der Waals surface area contributed by atoms with Crippen LogP contribution in [0, 0.1) is 0 Å². The Hall–Kier alpha value is -1.12. The number of nitrogens with zero attached hydrogens (tertiary/aromatic N) is 2. The second kappa shape index (κ2) is 7.13. The fourth-order valence-corrected chi connectivity index (χ4v) is 6.57. The Morgan fingerprint density at radius 2 is 1.96 bits per heavy atom. The molecule has 4 rings (SSSR count). The number of piperidine rings is 1. The highest BCUT2D eigenvalue weighted by molar-refractivity contribution is 7.89. The summed E-state index contributed by atoms with van der Waals surface area (Å²) >= 11 is 5.65. The highest BCUT2D eigenvalue weighted by Gasteiger charge is 2.46. The number of hydrogen-bond donors (Lipinski definition) is 1. The fraction of sp³-hybridized carbons (Fsp3) is 0.765. The summed E-state index contributed by atoms with van der Waals surface area (Å²) in [6.07, 6.45) is 5.66. The average molecular weight is 402 g/mol. The lowest BCUT2D eigenvalue weighted by atomic mass is 9.99. The molecular weight excluding hydrogens is 378 g/mol. The molecule has 2 saturated heterocycles. The molecule has 1 N–H and O–H groups in total. The van der Waals surface area contributed by atoms with Crippen LogP contribution >= 0.6 is 11.6 Å². The van der Waals surface area contributed by atoms with Crippen LogP contribution in [0.15, 0.2) is 10.6 Å². The highest BCUT2D eigenvalue weighted by atomic mass is 35.5.